The van der Waals surface area contributed by atoms with Gasteiger partial charge in [-0.1, -0.05) is 18.7 Å². The number of halogens is 1. The number of hydrogen-bond acceptors (Lipinski definition) is 8. The van der Waals surface area contributed by atoms with Crippen molar-refractivity contribution in [2.75, 3.05) is 48.0 Å². The molecule has 5 aromatic rings. The number of allylic oxidation sites excluding steroid dienone is 2. The number of aromatic amines is 1. The third-order valence-corrected chi connectivity index (χ3v) is 11.8. The van der Waals surface area contributed by atoms with Crippen molar-refractivity contribution in [3.05, 3.63) is 130 Å². The molecule has 12 heteroatoms. The lowest BCUT2D eigenvalue weighted by molar-refractivity contribution is -0.000510. The minimum Gasteiger partial charge on any atom is -0.381 e. The number of ether oxygens (including phenoxy) is 1. The highest BCUT2D eigenvalue weighted by atomic mass is 32.1. The summed E-state index contributed by atoms with van der Waals surface area (Å²) in [6, 6.07) is 15.0. The Morgan fingerprint density at radius 1 is 1.11 bits per heavy atom. The van der Waals surface area contributed by atoms with Crippen LogP contribution in [0.2, 0.25) is 0 Å². The highest BCUT2D eigenvalue weighted by Crippen LogP contribution is 2.45. The Morgan fingerprint density at radius 3 is 2.65 bits per heavy atom. The van der Waals surface area contributed by atoms with E-state index >= 15 is 0 Å². The lowest BCUT2D eigenvalue weighted by Crippen LogP contribution is -2.59. The van der Waals surface area contributed by atoms with E-state index in [0.717, 1.165) is 66.5 Å². The average molecular weight is 745 g/mol. The first-order valence-electron chi connectivity index (χ1n) is 18.1. The molecule has 276 valence electrons. The molecule has 2 fully saturated rings. The molecule has 6 heterocycles. The molecule has 2 saturated heterocycles. The normalized spacial score (nSPS) is 16.7. The smallest absolute Gasteiger partial charge is 0.259 e. The van der Waals surface area contributed by atoms with Gasteiger partial charge in [-0.3, -0.25) is 9.59 Å². The zero-order valence-electron chi connectivity index (χ0n) is 30.2. The van der Waals surface area contributed by atoms with Gasteiger partial charge in [-0.05, 0) is 105 Å². The van der Waals surface area contributed by atoms with E-state index in [1.807, 2.05) is 32.1 Å². The fraction of sp³-hybridized carbons (Fsp3) is 0.286. The second kappa shape index (κ2) is 14.4. The van der Waals surface area contributed by atoms with Gasteiger partial charge in [0, 0.05) is 76.7 Å². The van der Waals surface area contributed by atoms with Crippen molar-refractivity contribution in [3.63, 3.8) is 0 Å². The van der Waals surface area contributed by atoms with Crippen molar-refractivity contribution in [1.82, 2.24) is 15.0 Å². The monoisotopic (exact) mass is 744 g/mol. The van der Waals surface area contributed by atoms with Crippen LogP contribution in [0.15, 0.2) is 79.5 Å². The molecule has 0 bridgehead atoms. The summed E-state index contributed by atoms with van der Waals surface area (Å²) in [4.78, 5) is 45.5. The van der Waals surface area contributed by atoms with Gasteiger partial charge in [0.1, 0.15) is 23.6 Å². The minimum absolute atomic E-state index is 0.228. The van der Waals surface area contributed by atoms with Crippen molar-refractivity contribution in [2.24, 2.45) is 5.41 Å². The van der Waals surface area contributed by atoms with Gasteiger partial charge in [0.25, 0.3) is 11.8 Å². The van der Waals surface area contributed by atoms with Crippen LogP contribution in [0, 0.1) is 25.1 Å². The molecule has 8 rings (SSSR count). The topological polar surface area (TPSA) is 124 Å². The summed E-state index contributed by atoms with van der Waals surface area (Å²) in [5.41, 5.74) is 6.24. The third kappa shape index (κ3) is 6.76. The van der Waals surface area contributed by atoms with Gasteiger partial charge in [-0.25, -0.2) is 14.4 Å². The standard InChI is InChI=1S/C42H41FN6O4S/c1-4-5-6-33-26(3)45-38(47-33)36(50)35-20-28-13-16-49(34-21-29(43)9-12-31(34)37(28)54-35)41(52)27-7-10-30(11-8-27)46-40(51)32-19-25(2)22-44-39(32)48-23-42(24-48)14-17-53-18-15-42/h4-12,19-22,36,50H,1,13-18,23-24H2,2-3H3,(H,45,47)(H,46,51)/b6-5-. The van der Waals surface area contributed by atoms with E-state index in [2.05, 4.69) is 31.7 Å². The number of nitrogens with zero attached hydrogens (tertiary/aromatic N) is 4. The van der Waals surface area contributed by atoms with Crippen molar-refractivity contribution in [2.45, 2.75) is 39.2 Å². The van der Waals surface area contributed by atoms with Crippen molar-refractivity contribution < 1.29 is 23.8 Å². The van der Waals surface area contributed by atoms with Crippen LogP contribution >= 0.6 is 11.3 Å². The second-order valence-corrected chi connectivity index (χ2v) is 15.5. The Kier molecular flexibility index (Phi) is 9.51. The molecular formula is C42H41FN6O4S. The predicted octanol–water partition coefficient (Wildman–Crippen LogP) is 7.64. The maximum absolute atomic E-state index is 14.8. The van der Waals surface area contributed by atoms with E-state index in [1.54, 1.807) is 53.6 Å². The van der Waals surface area contributed by atoms with Crippen molar-refractivity contribution in [1.29, 1.82) is 0 Å². The lowest BCUT2D eigenvalue weighted by Gasteiger charge is -2.53. The molecule has 1 atom stereocenters. The zero-order valence-corrected chi connectivity index (χ0v) is 31.0. The first kappa shape index (κ1) is 35.6. The van der Waals surface area contributed by atoms with Crippen LogP contribution in [0.5, 0.6) is 0 Å². The van der Waals surface area contributed by atoms with Crippen molar-refractivity contribution in [3.8, 4) is 10.4 Å². The number of amides is 2. The molecule has 0 aliphatic carbocycles. The molecule has 3 N–H and O–H groups in total. The number of benzene rings is 2. The van der Waals surface area contributed by atoms with Crippen LogP contribution in [0.25, 0.3) is 16.5 Å². The number of H-pyrrole nitrogens is 1. The van der Waals surface area contributed by atoms with Gasteiger partial charge < -0.3 is 29.9 Å². The van der Waals surface area contributed by atoms with E-state index < -0.39 is 11.9 Å². The van der Waals surface area contributed by atoms with Crippen LogP contribution in [-0.2, 0) is 11.2 Å². The summed E-state index contributed by atoms with van der Waals surface area (Å²) < 4.78 is 20.4. The molecule has 0 saturated carbocycles. The quantitative estimate of drug-likeness (QED) is 0.140. The lowest BCUT2D eigenvalue weighted by atomic mass is 9.73. The number of aliphatic hydroxyl groups excluding tert-OH is 1. The van der Waals surface area contributed by atoms with E-state index in [-0.39, 0.29) is 17.2 Å². The van der Waals surface area contributed by atoms with Crippen LogP contribution < -0.4 is 15.1 Å². The number of aryl methyl sites for hydroxylation is 2. The number of aromatic nitrogens is 3. The number of fused-ring (bicyclic) bond motifs is 3. The first-order valence-corrected chi connectivity index (χ1v) is 18.9. The van der Waals surface area contributed by atoms with E-state index in [9.17, 15) is 19.1 Å². The molecule has 2 amide bonds. The van der Waals surface area contributed by atoms with Gasteiger partial charge in [0.15, 0.2) is 0 Å². The van der Waals surface area contributed by atoms with Crippen LogP contribution in [0.4, 0.5) is 21.6 Å². The van der Waals surface area contributed by atoms with Crippen molar-refractivity contribution >= 4 is 46.4 Å². The summed E-state index contributed by atoms with van der Waals surface area (Å²) in [6.07, 6.45) is 8.62. The number of imidazole rings is 1. The maximum Gasteiger partial charge on any atom is 0.259 e. The number of rotatable bonds is 8. The van der Waals surface area contributed by atoms with Gasteiger partial charge >= 0.3 is 0 Å². The number of pyridine rings is 1. The van der Waals surface area contributed by atoms with E-state index in [1.165, 1.54) is 23.5 Å². The molecule has 3 aromatic heterocycles. The average Bonchev–Trinajstić information content (AvgIpc) is 3.72. The van der Waals surface area contributed by atoms with Crippen LogP contribution in [0.1, 0.15) is 72.9 Å². The number of anilines is 3. The zero-order chi connectivity index (χ0) is 37.6. The second-order valence-electron chi connectivity index (χ2n) is 14.4. The predicted molar refractivity (Wildman–Crippen MR) is 210 cm³/mol. The number of aliphatic hydroxyl groups is 1. The fourth-order valence-electron chi connectivity index (χ4n) is 7.63. The molecule has 1 unspecified atom stereocenters. The number of nitrogens with one attached hydrogen (secondary N) is 2. The molecule has 3 aliphatic rings. The Bertz CT molecular complexity index is 2280. The molecule has 2 aromatic carbocycles. The summed E-state index contributed by atoms with van der Waals surface area (Å²) >= 11 is 1.41. The van der Waals surface area contributed by atoms with E-state index in [0.29, 0.717) is 57.6 Å². The SMILES string of the molecule is C=C/C=C\c1nc(C(O)c2cc3c(s2)-c2ccc(F)cc2N(C(=O)c2ccc(NC(=O)c4cc(C)cnc4N4CC5(CCOCC5)C4)cc2)CC3)[nH]c1C. The Balaban J connectivity index is 0.995. The number of carbonyl (C=O) groups excluding carboxylic acids is 2. The summed E-state index contributed by atoms with van der Waals surface area (Å²) in [7, 11) is 0. The molecule has 10 nitrogen and oxygen atoms in total. The molecular weight excluding hydrogens is 704 g/mol. The Hall–Kier alpha value is -5.43. The van der Waals surface area contributed by atoms with Gasteiger partial charge in [-0.15, -0.1) is 11.3 Å². The molecule has 0 radical (unpaired) electrons. The number of thiophene rings is 1. The summed E-state index contributed by atoms with van der Waals surface area (Å²) in [6.45, 7) is 11.1. The van der Waals surface area contributed by atoms with Gasteiger partial charge in [-0.2, -0.15) is 0 Å². The van der Waals surface area contributed by atoms with Crippen LogP contribution in [-0.4, -0.2) is 64.7 Å². The van der Waals surface area contributed by atoms with Gasteiger partial charge in [0.05, 0.1) is 16.9 Å². The largest absolute Gasteiger partial charge is 0.381 e. The Morgan fingerprint density at radius 2 is 1.89 bits per heavy atom. The third-order valence-electron chi connectivity index (χ3n) is 10.6. The van der Waals surface area contributed by atoms with Crippen LogP contribution in [0.3, 0.4) is 0 Å². The number of carbonyl (C=O) groups is 2. The number of hydrogen-bond donors (Lipinski definition) is 3. The highest BCUT2D eigenvalue weighted by Gasteiger charge is 2.45. The fourth-order valence-corrected chi connectivity index (χ4v) is 8.87. The highest BCUT2D eigenvalue weighted by molar-refractivity contribution is 7.15. The molecule has 1 spiro atoms. The molecule has 54 heavy (non-hydrogen) atoms. The summed E-state index contributed by atoms with van der Waals surface area (Å²) in [5.74, 6) is 0.0894. The van der Waals surface area contributed by atoms with Gasteiger partial charge in [0.2, 0.25) is 0 Å². The summed E-state index contributed by atoms with van der Waals surface area (Å²) in [5, 5.41) is 14.3. The minimum atomic E-state index is -0.985. The Labute approximate surface area is 317 Å². The van der Waals surface area contributed by atoms with E-state index in [4.69, 9.17) is 4.74 Å². The first-order chi connectivity index (χ1) is 26.1. The molecule has 3 aliphatic heterocycles. The maximum atomic E-state index is 14.8.